The van der Waals surface area contributed by atoms with E-state index in [1.165, 1.54) is 18.5 Å². The van der Waals surface area contributed by atoms with Crippen LogP contribution < -0.4 is 5.32 Å². The highest BCUT2D eigenvalue weighted by atomic mass is 16.5. The van der Waals surface area contributed by atoms with Crippen molar-refractivity contribution >= 4 is 0 Å². The maximum atomic E-state index is 5.58. The van der Waals surface area contributed by atoms with Crippen LogP contribution in [-0.4, -0.2) is 43.3 Å². The predicted octanol–water partition coefficient (Wildman–Crippen LogP) is 2.77. The van der Waals surface area contributed by atoms with Crippen LogP contribution in [0.15, 0.2) is 30.3 Å². The van der Waals surface area contributed by atoms with E-state index in [0.717, 1.165) is 39.1 Å². The first-order valence-electron chi connectivity index (χ1n) is 8.26. The van der Waals surface area contributed by atoms with Gasteiger partial charge in [-0.1, -0.05) is 30.3 Å². The van der Waals surface area contributed by atoms with Gasteiger partial charge in [-0.3, -0.25) is 4.90 Å². The zero-order chi connectivity index (χ0) is 14.8. The van der Waals surface area contributed by atoms with Crippen molar-refractivity contribution in [3.05, 3.63) is 35.9 Å². The van der Waals surface area contributed by atoms with Crippen molar-refractivity contribution in [3.63, 3.8) is 0 Å². The molecule has 116 valence electrons. The number of rotatable bonds is 2. The maximum Gasteiger partial charge on any atom is 0.0535 e. The van der Waals surface area contributed by atoms with Crippen LogP contribution in [0.2, 0.25) is 0 Å². The molecule has 3 nitrogen and oxygen atoms in total. The van der Waals surface area contributed by atoms with Crippen LogP contribution in [0, 0.1) is 0 Å². The van der Waals surface area contributed by atoms with Gasteiger partial charge in [-0.25, -0.2) is 0 Å². The van der Waals surface area contributed by atoms with Crippen LogP contribution >= 0.6 is 0 Å². The Morgan fingerprint density at radius 2 is 1.81 bits per heavy atom. The molecule has 21 heavy (non-hydrogen) atoms. The van der Waals surface area contributed by atoms with E-state index in [-0.39, 0.29) is 5.54 Å². The van der Waals surface area contributed by atoms with Crippen molar-refractivity contribution in [3.8, 4) is 0 Å². The van der Waals surface area contributed by atoms with Crippen LogP contribution in [0.4, 0.5) is 0 Å². The third kappa shape index (κ3) is 3.15. The Bertz CT molecular complexity index is 456. The largest absolute Gasteiger partial charge is 0.381 e. The van der Waals surface area contributed by atoms with Gasteiger partial charge >= 0.3 is 0 Å². The summed E-state index contributed by atoms with van der Waals surface area (Å²) in [5, 5.41) is 3.79. The highest BCUT2D eigenvalue weighted by Crippen LogP contribution is 2.33. The summed E-state index contributed by atoms with van der Waals surface area (Å²) in [4.78, 5) is 2.71. The molecular formula is C18H28N2O. The average Bonchev–Trinajstić information content (AvgIpc) is 2.72. The fraction of sp³-hybridized carbons (Fsp3) is 0.667. The second-order valence-corrected chi connectivity index (χ2v) is 7.01. The van der Waals surface area contributed by atoms with Crippen molar-refractivity contribution in [1.29, 1.82) is 0 Å². The van der Waals surface area contributed by atoms with Gasteiger partial charge in [0.15, 0.2) is 0 Å². The number of ether oxygens (including phenoxy) is 1. The molecule has 2 saturated heterocycles. The second-order valence-electron chi connectivity index (χ2n) is 7.01. The van der Waals surface area contributed by atoms with E-state index in [9.17, 15) is 0 Å². The summed E-state index contributed by atoms with van der Waals surface area (Å²) in [6.45, 7) is 9.94. The molecule has 2 heterocycles. The summed E-state index contributed by atoms with van der Waals surface area (Å²) in [6, 6.07) is 10.9. The predicted molar refractivity (Wildman–Crippen MR) is 86.4 cm³/mol. The van der Waals surface area contributed by atoms with E-state index in [0.29, 0.717) is 5.54 Å². The lowest BCUT2D eigenvalue weighted by Gasteiger charge is -2.46. The Hall–Kier alpha value is -0.900. The molecule has 2 aliphatic heterocycles. The number of nitrogens with zero attached hydrogens (tertiary/aromatic N) is 1. The van der Waals surface area contributed by atoms with Crippen LogP contribution in [0.25, 0.3) is 0 Å². The van der Waals surface area contributed by atoms with Crippen molar-refractivity contribution in [1.82, 2.24) is 10.2 Å². The third-order valence-electron chi connectivity index (χ3n) is 5.37. The molecule has 1 aromatic rings. The van der Waals surface area contributed by atoms with Crippen LogP contribution in [0.1, 0.15) is 38.7 Å². The fourth-order valence-electron chi connectivity index (χ4n) is 3.74. The number of benzene rings is 1. The lowest BCUT2D eigenvalue weighted by molar-refractivity contribution is -0.0250. The zero-order valence-corrected chi connectivity index (χ0v) is 13.4. The van der Waals surface area contributed by atoms with Crippen LogP contribution in [0.3, 0.4) is 0 Å². The molecule has 1 unspecified atom stereocenters. The van der Waals surface area contributed by atoms with Crippen molar-refractivity contribution in [2.75, 3.05) is 32.8 Å². The zero-order valence-electron chi connectivity index (χ0n) is 13.4. The minimum Gasteiger partial charge on any atom is -0.381 e. The summed E-state index contributed by atoms with van der Waals surface area (Å²) < 4.78 is 5.58. The molecule has 0 aromatic heterocycles. The van der Waals surface area contributed by atoms with Gasteiger partial charge in [0.1, 0.15) is 0 Å². The summed E-state index contributed by atoms with van der Waals surface area (Å²) in [5.74, 6) is 0. The molecule has 1 aromatic carbocycles. The van der Waals surface area contributed by atoms with Crippen molar-refractivity contribution in [2.45, 2.75) is 44.2 Å². The monoisotopic (exact) mass is 288 g/mol. The van der Waals surface area contributed by atoms with E-state index >= 15 is 0 Å². The Labute approximate surface area is 128 Å². The Kier molecular flexibility index (Phi) is 4.34. The van der Waals surface area contributed by atoms with E-state index in [4.69, 9.17) is 4.74 Å². The van der Waals surface area contributed by atoms with Gasteiger partial charge in [-0.15, -0.1) is 0 Å². The average molecular weight is 288 g/mol. The van der Waals surface area contributed by atoms with Crippen molar-refractivity contribution in [2.24, 2.45) is 0 Å². The molecule has 1 atom stereocenters. The lowest BCUT2D eigenvalue weighted by atomic mass is 9.86. The lowest BCUT2D eigenvalue weighted by Crippen LogP contribution is -2.55. The fourth-order valence-corrected chi connectivity index (χ4v) is 3.74. The minimum absolute atomic E-state index is 0.0407. The van der Waals surface area contributed by atoms with Gasteiger partial charge in [0.25, 0.3) is 0 Å². The highest BCUT2D eigenvalue weighted by Gasteiger charge is 2.39. The SMILES string of the molecule is CC1(c2ccccc2)CN(C2(C)CCOCC2)CCCN1. The van der Waals surface area contributed by atoms with Gasteiger partial charge in [0, 0.05) is 25.3 Å². The summed E-state index contributed by atoms with van der Waals surface area (Å²) >= 11 is 0. The summed E-state index contributed by atoms with van der Waals surface area (Å²) in [7, 11) is 0. The van der Waals surface area contributed by atoms with Gasteiger partial charge < -0.3 is 10.1 Å². The molecule has 2 fully saturated rings. The molecule has 2 aliphatic rings. The highest BCUT2D eigenvalue weighted by molar-refractivity contribution is 5.24. The van der Waals surface area contributed by atoms with Crippen LogP contribution in [-0.2, 0) is 10.3 Å². The van der Waals surface area contributed by atoms with Gasteiger partial charge in [-0.05, 0) is 51.8 Å². The smallest absolute Gasteiger partial charge is 0.0535 e. The Morgan fingerprint density at radius 3 is 2.52 bits per heavy atom. The van der Waals surface area contributed by atoms with E-state index in [1.807, 2.05) is 0 Å². The van der Waals surface area contributed by atoms with E-state index < -0.39 is 0 Å². The minimum atomic E-state index is 0.0407. The van der Waals surface area contributed by atoms with Crippen molar-refractivity contribution < 1.29 is 4.74 Å². The first-order chi connectivity index (χ1) is 10.1. The standard InChI is InChI=1S/C18H28N2O/c1-17(9-13-21-14-10-17)20-12-6-11-19-18(2,15-20)16-7-4-3-5-8-16/h3-5,7-8,19H,6,9-15H2,1-2H3. The molecular weight excluding hydrogens is 260 g/mol. The number of hydrogen-bond acceptors (Lipinski definition) is 3. The Balaban J connectivity index is 1.83. The number of nitrogens with one attached hydrogen (secondary N) is 1. The van der Waals surface area contributed by atoms with Gasteiger partial charge in [-0.2, -0.15) is 0 Å². The van der Waals surface area contributed by atoms with Gasteiger partial charge in [0.05, 0.1) is 5.54 Å². The molecule has 1 N–H and O–H groups in total. The molecule has 0 amide bonds. The van der Waals surface area contributed by atoms with E-state index in [1.54, 1.807) is 0 Å². The topological polar surface area (TPSA) is 24.5 Å². The third-order valence-corrected chi connectivity index (χ3v) is 5.37. The molecule has 0 saturated carbocycles. The molecule has 3 heteroatoms. The molecule has 0 spiro atoms. The van der Waals surface area contributed by atoms with Gasteiger partial charge in [0.2, 0.25) is 0 Å². The molecule has 0 bridgehead atoms. The first kappa shape index (κ1) is 15.0. The normalized spacial score (nSPS) is 30.8. The summed E-state index contributed by atoms with van der Waals surface area (Å²) in [5.41, 5.74) is 1.73. The van der Waals surface area contributed by atoms with E-state index in [2.05, 4.69) is 54.4 Å². The maximum absolute atomic E-state index is 5.58. The van der Waals surface area contributed by atoms with Crippen LogP contribution in [0.5, 0.6) is 0 Å². The second kappa shape index (κ2) is 6.07. The number of hydrogen-bond donors (Lipinski definition) is 1. The molecule has 3 rings (SSSR count). The summed E-state index contributed by atoms with van der Waals surface area (Å²) in [6.07, 6.45) is 3.52. The molecule has 0 aliphatic carbocycles. The molecule has 0 radical (unpaired) electrons. The first-order valence-corrected chi connectivity index (χ1v) is 8.26. The quantitative estimate of drug-likeness (QED) is 0.905. The Morgan fingerprint density at radius 1 is 1.10 bits per heavy atom.